The number of rotatable bonds is 12. The molecule has 0 bridgehead atoms. The van der Waals surface area contributed by atoms with Crippen LogP contribution >= 0.6 is 11.8 Å². The maximum atomic E-state index is 14.3. The minimum atomic E-state index is -0.614. The molecule has 0 spiro atoms. The highest BCUT2D eigenvalue weighted by Gasteiger charge is 2.39. The van der Waals surface area contributed by atoms with Crippen molar-refractivity contribution in [3.63, 3.8) is 0 Å². The van der Waals surface area contributed by atoms with Crippen LogP contribution in [0, 0.1) is 18.8 Å². The molecule has 6 atom stereocenters. The number of aryl methyl sites for hydroxylation is 1. The molecule has 3 saturated heterocycles. The molecule has 0 saturated carbocycles. The van der Waals surface area contributed by atoms with E-state index in [2.05, 4.69) is 17.6 Å². The third-order valence-corrected chi connectivity index (χ3v) is 12.4. The van der Waals surface area contributed by atoms with Gasteiger partial charge in [0.15, 0.2) is 0 Å². The van der Waals surface area contributed by atoms with E-state index in [0.29, 0.717) is 45.1 Å². The van der Waals surface area contributed by atoms with E-state index in [0.717, 1.165) is 60.2 Å². The average molecular weight is 723 g/mol. The van der Waals surface area contributed by atoms with Crippen LogP contribution in [0.25, 0.3) is 0 Å². The van der Waals surface area contributed by atoms with Crippen LogP contribution in [0.4, 0.5) is 5.69 Å². The number of piperidine rings is 1. The van der Waals surface area contributed by atoms with Gasteiger partial charge in [0.05, 0.1) is 5.37 Å². The summed E-state index contributed by atoms with van der Waals surface area (Å²) in [5.74, 6) is -0.380. The Hall–Kier alpha value is -4.11. The van der Waals surface area contributed by atoms with Crippen molar-refractivity contribution in [1.82, 2.24) is 15.5 Å². The van der Waals surface area contributed by atoms with E-state index in [1.54, 1.807) is 0 Å². The SMILES string of the molecule is Cc1ccccc1N1CCCCC(NC(=O)C(CCC(Cc2ccccc2)C(=O)NC2CCSC3CCCC(C)N3C2=O)Cc2ccccc2)C1=O. The Bertz CT molecular complexity index is 1670. The van der Waals surface area contributed by atoms with Gasteiger partial charge in [-0.25, -0.2) is 0 Å². The summed E-state index contributed by atoms with van der Waals surface area (Å²) >= 11 is 1.83. The molecule has 4 amide bonds. The van der Waals surface area contributed by atoms with Gasteiger partial charge in [-0.3, -0.25) is 19.2 Å². The first-order valence-electron chi connectivity index (χ1n) is 19.3. The van der Waals surface area contributed by atoms with E-state index in [1.165, 1.54) is 0 Å². The Labute approximate surface area is 313 Å². The number of carbonyl (C=O) groups is 4. The standard InChI is InChI=1S/C43H54N4O4S/c1-30-14-9-10-21-38(30)46-26-12-11-20-36(42(46)50)44-40(48)34(28-32-16-5-3-6-17-32)23-24-35(29-33-18-7-4-8-19-33)41(49)45-37-25-27-52-39-22-13-15-31(2)47(39)43(37)51/h3-10,14,16-19,21,31,34-37,39H,11-13,15,20,22-29H2,1-2H3,(H,44,48)(H,45,49). The first kappa shape index (κ1) is 37.6. The van der Waals surface area contributed by atoms with Crippen molar-refractivity contribution in [3.05, 3.63) is 102 Å². The van der Waals surface area contributed by atoms with Crippen LogP contribution in [0.3, 0.4) is 0 Å². The van der Waals surface area contributed by atoms with Gasteiger partial charge in [-0.05, 0) is 113 Å². The number of nitrogens with zero attached hydrogens (tertiary/aromatic N) is 2. The Morgan fingerprint density at radius 1 is 0.712 bits per heavy atom. The summed E-state index contributed by atoms with van der Waals surface area (Å²) in [6.07, 6.45) is 7.98. The number of hydrogen-bond acceptors (Lipinski definition) is 5. The molecule has 3 heterocycles. The molecule has 3 aliphatic heterocycles. The number of hydrogen-bond donors (Lipinski definition) is 2. The highest BCUT2D eigenvalue weighted by Crippen LogP contribution is 2.34. The monoisotopic (exact) mass is 722 g/mol. The zero-order chi connectivity index (χ0) is 36.5. The van der Waals surface area contributed by atoms with Crippen molar-refractivity contribution in [2.24, 2.45) is 11.8 Å². The van der Waals surface area contributed by atoms with Gasteiger partial charge in [0, 0.05) is 30.1 Å². The second-order valence-electron chi connectivity index (χ2n) is 14.9. The van der Waals surface area contributed by atoms with E-state index >= 15 is 0 Å². The van der Waals surface area contributed by atoms with Crippen molar-refractivity contribution in [1.29, 1.82) is 0 Å². The van der Waals surface area contributed by atoms with E-state index in [9.17, 15) is 19.2 Å². The second-order valence-corrected chi connectivity index (χ2v) is 16.2. The average Bonchev–Trinajstić information content (AvgIpc) is 3.43. The van der Waals surface area contributed by atoms with Gasteiger partial charge in [0.1, 0.15) is 12.1 Å². The summed E-state index contributed by atoms with van der Waals surface area (Å²) in [5, 5.41) is 6.55. The van der Waals surface area contributed by atoms with Crippen LogP contribution in [0.1, 0.15) is 81.4 Å². The molecule has 3 fully saturated rings. The largest absolute Gasteiger partial charge is 0.344 e. The maximum absolute atomic E-state index is 14.3. The highest BCUT2D eigenvalue weighted by atomic mass is 32.2. The molecule has 3 aliphatic rings. The lowest BCUT2D eigenvalue weighted by atomic mass is 9.86. The molecule has 8 nitrogen and oxygen atoms in total. The number of fused-ring (bicyclic) bond motifs is 1. The summed E-state index contributed by atoms with van der Waals surface area (Å²) in [4.78, 5) is 60.1. The molecular weight excluding hydrogens is 669 g/mol. The van der Waals surface area contributed by atoms with Gasteiger partial charge in [0.2, 0.25) is 23.6 Å². The zero-order valence-corrected chi connectivity index (χ0v) is 31.5. The number of carbonyl (C=O) groups excluding carboxylic acids is 4. The fourth-order valence-corrected chi connectivity index (χ4v) is 9.59. The van der Waals surface area contributed by atoms with Crippen LogP contribution in [0.15, 0.2) is 84.9 Å². The second kappa shape index (κ2) is 18.1. The van der Waals surface area contributed by atoms with E-state index in [1.807, 2.05) is 113 Å². The van der Waals surface area contributed by atoms with Gasteiger partial charge in [-0.2, -0.15) is 0 Å². The minimum absolute atomic E-state index is 0.0307. The number of thioether (sulfide) groups is 1. The Balaban J connectivity index is 1.19. The van der Waals surface area contributed by atoms with Gasteiger partial charge in [0.25, 0.3) is 0 Å². The summed E-state index contributed by atoms with van der Waals surface area (Å²) < 4.78 is 0. The van der Waals surface area contributed by atoms with Crippen molar-refractivity contribution < 1.29 is 19.2 Å². The molecule has 0 radical (unpaired) electrons. The lowest BCUT2D eigenvalue weighted by Crippen LogP contribution is -2.55. The Kier molecular flexibility index (Phi) is 13.1. The van der Waals surface area contributed by atoms with Crippen molar-refractivity contribution >= 4 is 41.1 Å². The Morgan fingerprint density at radius 2 is 1.29 bits per heavy atom. The molecule has 52 heavy (non-hydrogen) atoms. The van der Waals surface area contributed by atoms with Gasteiger partial charge in [-0.1, -0.05) is 78.9 Å². The fraction of sp³-hybridized carbons (Fsp3) is 0.488. The number of amides is 4. The molecule has 3 aromatic carbocycles. The maximum Gasteiger partial charge on any atom is 0.249 e. The lowest BCUT2D eigenvalue weighted by molar-refractivity contribution is -0.140. The molecule has 0 aliphatic carbocycles. The van der Waals surface area contributed by atoms with Crippen LogP contribution in [-0.4, -0.2) is 64.3 Å². The highest BCUT2D eigenvalue weighted by molar-refractivity contribution is 7.99. The molecule has 6 rings (SSSR count). The molecule has 6 unspecified atom stereocenters. The first-order chi connectivity index (χ1) is 25.3. The quantitative estimate of drug-likeness (QED) is 0.213. The van der Waals surface area contributed by atoms with Crippen LogP contribution in [0.5, 0.6) is 0 Å². The molecule has 9 heteroatoms. The number of benzene rings is 3. The van der Waals surface area contributed by atoms with Gasteiger partial charge in [-0.15, -0.1) is 11.8 Å². The first-order valence-corrected chi connectivity index (χ1v) is 20.3. The third-order valence-electron chi connectivity index (χ3n) is 11.1. The smallest absolute Gasteiger partial charge is 0.249 e. The lowest BCUT2D eigenvalue weighted by Gasteiger charge is -2.40. The van der Waals surface area contributed by atoms with Crippen LogP contribution in [-0.2, 0) is 32.0 Å². The molecular formula is C43H54N4O4S. The summed E-state index contributed by atoms with van der Waals surface area (Å²) in [7, 11) is 0. The van der Waals surface area contributed by atoms with E-state index in [4.69, 9.17) is 0 Å². The summed E-state index contributed by atoms with van der Waals surface area (Å²) in [6, 6.07) is 26.8. The number of anilines is 1. The number of nitrogens with one attached hydrogen (secondary N) is 2. The Morgan fingerprint density at radius 3 is 1.90 bits per heavy atom. The van der Waals surface area contributed by atoms with Crippen LogP contribution in [0.2, 0.25) is 0 Å². The molecule has 0 aromatic heterocycles. The third kappa shape index (κ3) is 9.46. The normalized spacial score (nSPS) is 23.5. The number of para-hydroxylation sites is 1. The van der Waals surface area contributed by atoms with Crippen molar-refractivity contribution in [2.75, 3.05) is 17.2 Å². The van der Waals surface area contributed by atoms with E-state index in [-0.39, 0.29) is 35.0 Å². The minimum Gasteiger partial charge on any atom is -0.344 e. The molecule has 3 aromatic rings. The van der Waals surface area contributed by atoms with Crippen LogP contribution < -0.4 is 15.5 Å². The predicted octanol–water partition coefficient (Wildman–Crippen LogP) is 6.84. The van der Waals surface area contributed by atoms with Crippen molar-refractivity contribution in [2.45, 2.75) is 108 Å². The zero-order valence-electron chi connectivity index (χ0n) is 30.7. The fourth-order valence-electron chi connectivity index (χ4n) is 8.14. The molecule has 276 valence electrons. The summed E-state index contributed by atoms with van der Waals surface area (Å²) in [5.41, 5.74) is 3.99. The predicted molar refractivity (Wildman–Crippen MR) is 209 cm³/mol. The van der Waals surface area contributed by atoms with Gasteiger partial charge >= 0.3 is 0 Å². The molecule has 2 N–H and O–H groups in total. The van der Waals surface area contributed by atoms with Crippen molar-refractivity contribution in [3.8, 4) is 0 Å². The van der Waals surface area contributed by atoms with E-state index < -0.39 is 23.9 Å². The summed E-state index contributed by atoms with van der Waals surface area (Å²) in [6.45, 7) is 4.75. The topological polar surface area (TPSA) is 98.8 Å². The van der Waals surface area contributed by atoms with Gasteiger partial charge < -0.3 is 20.4 Å².